The summed E-state index contributed by atoms with van der Waals surface area (Å²) in [5.41, 5.74) is 0.359. The average molecular weight is 181 g/mol. The Balaban J connectivity index is 4.12. The van der Waals surface area contributed by atoms with Crippen LogP contribution in [0.3, 0.4) is 0 Å². The summed E-state index contributed by atoms with van der Waals surface area (Å²) in [4.78, 5) is 0. The van der Waals surface area contributed by atoms with E-state index in [0.717, 1.165) is 12.8 Å². The summed E-state index contributed by atoms with van der Waals surface area (Å²) >= 11 is 0. The summed E-state index contributed by atoms with van der Waals surface area (Å²) < 4.78 is 0. The van der Waals surface area contributed by atoms with Gasteiger partial charge in [0.25, 0.3) is 0 Å². The smallest absolute Gasteiger partial charge is 0.0968 e. The third kappa shape index (κ3) is 4.69. The molecule has 0 saturated heterocycles. The van der Waals surface area contributed by atoms with E-state index in [0.29, 0.717) is 6.42 Å². The lowest BCUT2D eigenvalue weighted by atomic mass is 9.81. The molecule has 2 nitrogen and oxygen atoms in total. The maximum atomic E-state index is 9.56. The highest BCUT2D eigenvalue weighted by Crippen LogP contribution is 2.29. The fraction of sp³-hybridized carbons (Fsp3) is 0.727. The molecule has 2 heteroatoms. The second-order valence-electron chi connectivity index (χ2n) is 4.27. The number of rotatable bonds is 5. The Morgan fingerprint density at radius 1 is 1.62 bits per heavy atom. The van der Waals surface area contributed by atoms with Crippen LogP contribution in [0.4, 0.5) is 0 Å². The zero-order valence-electron chi connectivity index (χ0n) is 8.80. The zero-order valence-corrected chi connectivity index (χ0v) is 8.80. The molecule has 0 bridgehead atoms. The second kappa shape index (κ2) is 5.04. The third-order valence-corrected chi connectivity index (χ3v) is 2.22. The van der Waals surface area contributed by atoms with Gasteiger partial charge in [-0.05, 0) is 18.3 Å². The number of nitrogens with zero attached hydrogens (tertiary/aromatic N) is 1. The number of aliphatic hydroxyl groups is 1. The van der Waals surface area contributed by atoms with E-state index in [1.807, 2.05) is 6.07 Å². The third-order valence-electron chi connectivity index (χ3n) is 2.22. The van der Waals surface area contributed by atoms with Gasteiger partial charge in [-0.1, -0.05) is 33.8 Å². The van der Waals surface area contributed by atoms with Gasteiger partial charge in [0.15, 0.2) is 0 Å². The minimum atomic E-state index is -0.674. The van der Waals surface area contributed by atoms with Gasteiger partial charge in [0, 0.05) is 0 Å². The molecule has 0 aliphatic heterocycles. The number of aliphatic hydroxyl groups excluding tert-OH is 1. The molecule has 1 atom stereocenters. The summed E-state index contributed by atoms with van der Waals surface area (Å²) in [6, 6.07) is 1.88. The highest BCUT2D eigenvalue weighted by atomic mass is 16.3. The Morgan fingerprint density at radius 3 is 2.54 bits per heavy atom. The van der Waals surface area contributed by atoms with Crippen molar-refractivity contribution in [1.29, 1.82) is 5.26 Å². The van der Waals surface area contributed by atoms with Crippen LogP contribution in [0.5, 0.6) is 0 Å². The van der Waals surface area contributed by atoms with Crippen molar-refractivity contribution in [1.82, 2.24) is 0 Å². The summed E-state index contributed by atoms with van der Waals surface area (Å²) in [6.07, 6.45) is 2.10. The lowest BCUT2D eigenvalue weighted by molar-refractivity contribution is 0.140. The summed E-state index contributed by atoms with van der Waals surface area (Å²) in [5.74, 6) is 0. The van der Waals surface area contributed by atoms with Crippen LogP contribution >= 0.6 is 0 Å². The van der Waals surface area contributed by atoms with Crippen molar-refractivity contribution in [3.05, 3.63) is 12.2 Å². The summed E-state index contributed by atoms with van der Waals surface area (Å²) in [6.45, 7) is 9.83. The fourth-order valence-electron chi connectivity index (χ4n) is 1.50. The molecule has 1 N–H and O–H groups in total. The normalized spacial score (nSPS) is 13.5. The van der Waals surface area contributed by atoms with Crippen molar-refractivity contribution >= 4 is 0 Å². The summed E-state index contributed by atoms with van der Waals surface area (Å²) in [7, 11) is 0. The van der Waals surface area contributed by atoms with E-state index in [9.17, 15) is 5.11 Å². The van der Waals surface area contributed by atoms with Gasteiger partial charge in [-0.15, -0.1) is 0 Å². The standard InChI is InChI=1S/C11H19NO/c1-5-6-11(3,4)7-10(13)9(2)8-12/h10,13H,2,5-7H2,1,3-4H3. The van der Waals surface area contributed by atoms with E-state index in [1.54, 1.807) is 0 Å². The molecule has 0 aliphatic rings. The Kier molecular flexibility index (Phi) is 4.72. The molecule has 1 unspecified atom stereocenters. The Labute approximate surface area is 80.9 Å². The van der Waals surface area contributed by atoms with Gasteiger partial charge in [0.05, 0.1) is 17.7 Å². The Bertz CT molecular complexity index is 213. The molecule has 0 heterocycles. The van der Waals surface area contributed by atoms with Crippen LogP contribution in [0.25, 0.3) is 0 Å². The molecule has 74 valence electrons. The largest absolute Gasteiger partial charge is 0.388 e. The molecule has 13 heavy (non-hydrogen) atoms. The van der Waals surface area contributed by atoms with Gasteiger partial charge in [-0.3, -0.25) is 0 Å². The predicted octanol–water partition coefficient (Wildman–Crippen LogP) is 2.64. The van der Waals surface area contributed by atoms with Crippen LogP contribution < -0.4 is 0 Å². The molecule has 0 amide bonds. The lowest BCUT2D eigenvalue weighted by Crippen LogP contribution is -2.21. The highest BCUT2D eigenvalue weighted by Gasteiger charge is 2.22. The monoisotopic (exact) mass is 181 g/mol. The molecule has 0 fully saturated rings. The molecule has 0 rings (SSSR count). The van der Waals surface area contributed by atoms with Gasteiger partial charge < -0.3 is 5.11 Å². The Morgan fingerprint density at radius 2 is 2.15 bits per heavy atom. The second-order valence-corrected chi connectivity index (χ2v) is 4.27. The Hall–Kier alpha value is -0.810. The van der Waals surface area contributed by atoms with E-state index in [-0.39, 0.29) is 11.0 Å². The van der Waals surface area contributed by atoms with Crippen molar-refractivity contribution in [2.75, 3.05) is 0 Å². The van der Waals surface area contributed by atoms with Crippen LogP contribution in [0.2, 0.25) is 0 Å². The van der Waals surface area contributed by atoms with E-state index in [2.05, 4.69) is 27.4 Å². The van der Waals surface area contributed by atoms with E-state index in [1.165, 1.54) is 0 Å². The quantitative estimate of drug-likeness (QED) is 0.663. The highest BCUT2D eigenvalue weighted by molar-refractivity contribution is 5.20. The van der Waals surface area contributed by atoms with Crippen LogP contribution in [0.1, 0.15) is 40.0 Å². The van der Waals surface area contributed by atoms with Crippen molar-refractivity contribution in [3.8, 4) is 6.07 Å². The number of hydrogen-bond acceptors (Lipinski definition) is 2. The molecular formula is C11H19NO. The topological polar surface area (TPSA) is 44.0 Å². The van der Waals surface area contributed by atoms with Gasteiger partial charge in [0.2, 0.25) is 0 Å². The first-order valence-electron chi connectivity index (χ1n) is 4.70. The summed E-state index contributed by atoms with van der Waals surface area (Å²) in [5, 5.41) is 18.1. The molecular weight excluding hydrogens is 162 g/mol. The molecule has 0 aliphatic carbocycles. The minimum absolute atomic E-state index is 0.0912. The van der Waals surface area contributed by atoms with Gasteiger partial charge in [-0.2, -0.15) is 5.26 Å². The first kappa shape index (κ1) is 12.2. The molecule has 0 aromatic carbocycles. The maximum Gasteiger partial charge on any atom is 0.0968 e. The van der Waals surface area contributed by atoms with Crippen molar-refractivity contribution in [2.45, 2.75) is 46.1 Å². The molecule has 0 saturated carbocycles. The van der Waals surface area contributed by atoms with Gasteiger partial charge >= 0.3 is 0 Å². The zero-order chi connectivity index (χ0) is 10.5. The minimum Gasteiger partial charge on any atom is -0.388 e. The maximum absolute atomic E-state index is 9.56. The first-order chi connectivity index (χ1) is 5.93. The molecule has 0 spiro atoms. The van der Waals surface area contributed by atoms with Crippen LogP contribution in [0.15, 0.2) is 12.2 Å². The first-order valence-corrected chi connectivity index (χ1v) is 4.70. The van der Waals surface area contributed by atoms with Crippen LogP contribution in [0, 0.1) is 16.7 Å². The van der Waals surface area contributed by atoms with Crippen LogP contribution in [-0.2, 0) is 0 Å². The lowest BCUT2D eigenvalue weighted by Gasteiger charge is -2.26. The van der Waals surface area contributed by atoms with Gasteiger partial charge in [-0.25, -0.2) is 0 Å². The van der Waals surface area contributed by atoms with Crippen LogP contribution in [-0.4, -0.2) is 11.2 Å². The van der Waals surface area contributed by atoms with Crippen molar-refractivity contribution in [2.24, 2.45) is 5.41 Å². The fourth-order valence-corrected chi connectivity index (χ4v) is 1.50. The predicted molar refractivity (Wildman–Crippen MR) is 54.1 cm³/mol. The van der Waals surface area contributed by atoms with E-state index < -0.39 is 6.10 Å². The number of nitriles is 1. The molecule has 0 aromatic heterocycles. The van der Waals surface area contributed by atoms with Crippen molar-refractivity contribution in [3.63, 3.8) is 0 Å². The molecule has 0 radical (unpaired) electrons. The molecule has 0 aromatic rings. The average Bonchev–Trinajstić information content (AvgIpc) is 2.01. The van der Waals surface area contributed by atoms with E-state index in [4.69, 9.17) is 5.26 Å². The number of hydrogen-bond donors (Lipinski definition) is 1. The SMILES string of the molecule is C=C(C#N)C(O)CC(C)(C)CCC. The van der Waals surface area contributed by atoms with Gasteiger partial charge in [0.1, 0.15) is 0 Å². The van der Waals surface area contributed by atoms with E-state index >= 15 is 0 Å². The van der Waals surface area contributed by atoms with Crippen molar-refractivity contribution < 1.29 is 5.11 Å².